The highest BCUT2D eigenvalue weighted by molar-refractivity contribution is 6.30. The molecule has 0 saturated heterocycles. The zero-order valence-electron chi connectivity index (χ0n) is 14.9. The predicted octanol–water partition coefficient (Wildman–Crippen LogP) is 4.19. The van der Waals surface area contributed by atoms with E-state index in [0.717, 1.165) is 5.56 Å². The summed E-state index contributed by atoms with van der Waals surface area (Å²) >= 11 is 5.86. The Balaban J connectivity index is 1.85. The summed E-state index contributed by atoms with van der Waals surface area (Å²) in [6, 6.07) is 8.98. The minimum atomic E-state index is -0.526. The number of halogens is 1. The van der Waals surface area contributed by atoms with E-state index in [-0.39, 0.29) is 5.69 Å². The lowest BCUT2D eigenvalue weighted by molar-refractivity contribution is 0.0528. The van der Waals surface area contributed by atoms with Gasteiger partial charge in [-0.3, -0.25) is 0 Å². The lowest BCUT2D eigenvalue weighted by Gasteiger charge is -2.19. The van der Waals surface area contributed by atoms with Crippen molar-refractivity contribution in [3.8, 4) is 17.5 Å². The van der Waals surface area contributed by atoms with Gasteiger partial charge in [0.2, 0.25) is 17.5 Å². The Morgan fingerprint density at radius 1 is 1.31 bits per heavy atom. The van der Waals surface area contributed by atoms with Gasteiger partial charge in [0, 0.05) is 23.7 Å². The monoisotopic (exact) mass is 376 g/mol. The molecule has 8 heteroatoms. The number of hydrogen-bond acceptors (Lipinski definition) is 6. The molecule has 0 fully saturated rings. The van der Waals surface area contributed by atoms with Gasteiger partial charge in [-0.25, -0.2) is 4.79 Å². The maximum Gasteiger partial charge on any atom is 0.407 e. The molecule has 0 aliphatic carbocycles. The van der Waals surface area contributed by atoms with E-state index >= 15 is 0 Å². The summed E-state index contributed by atoms with van der Waals surface area (Å²) in [6.45, 7) is 6.35. The molecular weight excluding hydrogens is 356 g/mol. The number of nitriles is 1. The molecule has 2 aromatic rings. The third-order valence-electron chi connectivity index (χ3n) is 3.13. The standard InChI is InChI=1S/C18H21ClN4O3/c1-18(2,3)26-17(24)22-10-4-9-21-16-14(11-20)23-15(25-16)12-5-7-13(19)8-6-12/h5-8,21H,4,9-10H2,1-3H3,(H,22,24). The number of benzene rings is 1. The molecule has 0 bridgehead atoms. The molecule has 0 radical (unpaired) electrons. The molecular formula is C18H21ClN4O3. The first kappa shape index (κ1) is 19.6. The number of nitrogens with zero attached hydrogens (tertiary/aromatic N) is 2. The Morgan fingerprint density at radius 2 is 2.00 bits per heavy atom. The molecule has 0 unspecified atom stereocenters. The molecule has 0 aliphatic rings. The molecule has 0 spiro atoms. The van der Waals surface area contributed by atoms with Gasteiger partial charge in [-0.05, 0) is 51.5 Å². The van der Waals surface area contributed by atoms with Gasteiger partial charge >= 0.3 is 6.09 Å². The van der Waals surface area contributed by atoms with Crippen LogP contribution in [-0.2, 0) is 4.74 Å². The summed E-state index contributed by atoms with van der Waals surface area (Å²) in [6.07, 6.45) is 0.168. The van der Waals surface area contributed by atoms with Crippen LogP contribution in [0.4, 0.5) is 10.7 Å². The van der Waals surface area contributed by atoms with Crippen molar-refractivity contribution >= 4 is 23.6 Å². The van der Waals surface area contributed by atoms with E-state index in [9.17, 15) is 10.1 Å². The van der Waals surface area contributed by atoms with E-state index in [1.54, 1.807) is 45.0 Å². The van der Waals surface area contributed by atoms with Gasteiger partial charge in [-0.2, -0.15) is 10.2 Å². The summed E-state index contributed by atoms with van der Waals surface area (Å²) in [5.74, 6) is 0.641. The first-order valence-corrected chi connectivity index (χ1v) is 8.54. The lowest BCUT2D eigenvalue weighted by atomic mass is 10.2. The van der Waals surface area contributed by atoms with E-state index < -0.39 is 11.7 Å². The average molecular weight is 377 g/mol. The molecule has 2 N–H and O–H groups in total. The summed E-state index contributed by atoms with van der Waals surface area (Å²) in [7, 11) is 0. The van der Waals surface area contributed by atoms with Crippen LogP contribution in [0.5, 0.6) is 0 Å². The van der Waals surface area contributed by atoms with Crippen LogP contribution in [0.3, 0.4) is 0 Å². The second kappa shape index (κ2) is 8.59. The van der Waals surface area contributed by atoms with Crippen molar-refractivity contribution in [2.45, 2.75) is 32.8 Å². The number of oxazole rings is 1. The smallest absolute Gasteiger partial charge is 0.407 e. The zero-order chi connectivity index (χ0) is 19.2. The van der Waals surface area contributed by atoms with Crippen molar-refractivity contribution in [2.24, 2.45) is 0 Å². The normalized spacial score (nSPS) is 10.9. The Kier molecular flexibility index (Phi) is 6.47. The summed E-state index contributed by atoms with van der Waals surface area (Å²) in [4.78, 5) is 15.7. The fourth-order valence-electron chi connectivity index (χ4n) is 2.03. The first-order valence-electron chi connectivity index (χ1n) is 8.16. The third kappa shape index (κ3) is 5.97. The number of hydrogen-bond donors (Lipinski definition) is 2. The highest BCUT2D eigenvalue weighted by Crippen LogP contribution is 2.26. The fourth-order valence-corrected chi connectivity index (χ4v) is 2.15. The van der Waals surface area contributed by atoms with Crippen LogP contribution in [-0.4, -0.2) is 29.8 Å². The van der Waals surface area contributed by atoms with Crippen molar-refractivity contribution < 1.29 is 13.9 Å². The van der Waals surface area contributed by atoms with Gasteiger partial charge < -0.3 is 19.8 Å². The summed E-state index contributed by atoms with van der Waals surface area (Å²) in [5.41, 5.74) is 0.377. The SMILES string of the molecule is CC(C)(C)OC(=O)NCCCNc1oc(-c2ccc(Cl)cc2)nc1C#N. The third-order valence-corrected chi connectivity index (χ3v) is 3.38. The minimum Gasteiger partial charge on any atom is -0.444 e. The second-order valence-electron chi connectivity index (χ2n) is 6.52. The zero-order valence-corrected chi connectivity index (χ0v) is 15.7. The number of anilines is 1. The highest BCUT2D eigenvalue weighted by atomic mass is 35.5. The molecule has 26 heavy (non-hydrogen) atoms. The first-order chi connectivity index (χ1) is 12.3. The van der Waals surface area contributed by atoms with Crippen LogP contribution >= 0.6 is 11.6 Å². The van der Waals surface area contributed by atoms with Gasteiger partial charge in [0.25, 0.3) is 0 Å². The van der Waals surface area contributed by atoms with Crippen LogP contribution in [0.15, 0.2) is 28.7 Å². The van der Waals surface area contributed by atoms with Crippen molar-refractivity contribution in [1.29, 1.82) is 5.26 Å². The van der Waals surface area contributed by atoms with Crippen LogP contribution in [0.2, 0.25) is 5.02 Å². The highest BCUT2D eigenvalue weighted by Gasteiger charge is 2.16. The number of alkyl carbamates (subject to hydrolysis) is 1. The molecule has 2 rings (SSSR count). The van der Waals surface area contributed by atoms with Gasteiger partial charge in [-0.15, -0.1) is 0 Å². The molecule has 1 aromatic carbocycles. The van der Waals surface area contributed by atoms with Gasteiger partial charge in [0.15, 0.2) is 0 Å². The van der Waals surface area contributed by atoms with E-state index in [2.05, 4.69) is 15.6 Å². The largest absolute Gasteiger partial charge is 0.444 e. The van der Waals surface area contributed by atoms with Crippen molar-refractivity contribution in [3.05, 3.63) is 35.0 Å². The number of carbonyl (C=O) groups excluding carboxylic acids is 1. The Morgan fingerprint density at radius 3 is 2.62 bits per heavy atom. The van der Waals surface area contributed by atoms with E-state index in [4.69, 9.17) is 20.8 Å². The number of amides is 1. The Hall–Kier alpha value is -2.72. The van der Waals surface area contributed by atoms with E-state index in [1.165, 1.54) is 0 Å². The van der Waals surface area contributed by atoms with Gasteiger partial charge in [0.05, 0.1) is 0 Å². The molecule has 0 atom stereocenters. The molecule has 1 amide bonds. The van der Waals surface area contributed by atoms with Crippen LogP contribution in [0, 0.1) is 11.3 Å². The molecule has 1 heterocycles. The topological polar surface area (TPSA) is 100 Å². The average Bonchev–Trinajstić information content (AvgIpc) is 2.96. The molecule has 0 aliphatic heterocycles. The second-order valence-corrected chi connectivity index (χ2v) is 6.96. The Labute approximate surface area is 157 Å². The minimum absolute atomic E-state index is 0.176. The van der Waals surface area contributed by atoms with Crippen LogP contribution in [0.25, 0.3) is 11.5 Å². The Bertz CT molecular complexity index is 788. The molecule has 138 valence electrons. The maximum absolute atomic E-state index is 11.5. The number of carbonyl (C=O) groups is 1. The number of aromatic nitrogens is 1. The number of rotatable bonds is 6. The quantitative estimate of drug-likeness (QED) is 0.733. The number of ether oxygens (including phenoxy) is 1. The van der Waals surface area contributed by atoms with Crippen LogP contribution in [0.1, 0.15) is 32.9 Å². The maximum atomic E-state index is 11.5. The lowest BCUT2D eigenvalue weighted by Crippen LogP contribution is -2.33. The number of nitrogens with one attached hydrogen (secondary N) is 2. The predicted molar refractivity (Wildman–Crippen MR) is 99.0 cm³/mol. The van der Waals surface area contributed by atoms with Gasteiger partial charge in [-0.1, -0.05) is 11.6 Å². The molecule has 7 nitrogen and oxygen atoms in total. The summed E-state index contributed by atoms with van der Waals surface area (Å²) in [5, 5.41) is 15.5. The van der Waals surface area contributed by atoms with Gasteiger partial charge in [0.1, 0.15) is 11.7 Å². The van der Waals surface area contributed by atoms with E-state index in [1.807, 2.05) is 6.07 Å². The van der Waals surface area contributed by atoms with Crippen molar-refractivity contribution in [1.82, 2.24) is 10.3 Å². The summed E-state index contributed by atoms with van der Waals surface area (Å²) < 4.78 is 10.8. The van der Waals surface area contributed by atoms with Crippen LogP contribution < -0.4 is 10.6 Å². The molecule has 0 saturated carbocycles. The van der Waals surface area contributed by atoms with Crippen molar-refractivity contribution in [2.75, 3.05) is 18.4 Å². The van der Waals surface area contributed by atoms with E-state index in [0.29, 0.717) is 36.3 Å². The fraction of sp³-hybridized carbons (Fsp3) is 0.389. The molecule has 1 aromatic heterocycles. The van der Waals surface area contributed by atoms with Crippen molar-refractivity contribution in [3.63, 3.8) is 0 Å².